The number of rotatable bonds is 7. The molecule has 0 unspecified atom stereocenters. The Kier molecular flexibility index (Phi) is 6.21. The van der Waals surface area contributed by atoms with Crippen LogP contribution in [0.25, 0.3) is 0 Å². The Balaban J connectivity index is 2.34. The molecule has 1 aromatic carbocycles. The first-order chi connectivity index (χ1) is 12.2. The minimum Gasteiger partial charge on any atom is -0.503 e. The molecule has 26 heavy (non-hydrogen) atoms. The van der Waals surface area contributed by atoms with E-state index in [1.165, 1.54) is 11.8 Å². The lowest BCUT2D eigenvalue weighted by Gasteiger charge is -2.27. The first-order valence-electron chi connectivity index (χ1n) is 8.85. The van der Waals surface area contributed by atoms with Crippen molar-refractivity contribution in [2.24, 2.45) is 0 Å². The molecule has 0 saturated carbocycles. The zero-order chi connectivity index (χ0) is 19.5. The van der Waals surface area contributed by atoms with Gasteiger partial charge in [0.25, 0.3) is 5.91 Å². The van der Waals surface area contributed by atoms with E-state index in [1.807, 2.05) is 24.3 Å². The molecule has 0 fully saturated rings. The third-order valence-corrected chi connectivity index (χ3v) is 4.59. The predicted octanol–water partition coefficient (Wildman–Crippen LogP) is 1.85. The molecule has 1 aromatic rings. The van der Waals surface area contributed by atoms with E-state index in [2.05, 4.69) is 26.1 Å². The van der Waals surface area contributed by atoms with Crippen molar-refractivity contribution >= 4 is 11.7 Å². The fourth-order valence-electron chi connectivity index (χ4n) is 3.16. The van der Waals surface area contributed by atoms with Crippen molar-refractivity contribution < 1.29 is 19.8 Å². The second-order valence-corrected chi connectivity index (χ2v) is 7.57. The van der Waals surface area contributed by atoms with Crippen molar-refractivity contribution in [2.45, 2.75) is 39.2 Å². The largest absolute Gasteiger partial charge is 0.503 e. The molecule has 1 atom stereocenters. The van der Waals surface area contributed by atoms with Crippen molar-refractivity contribution in [3.05, 3.63) is 46.7 Å². The van der Waals surface area contributed by atoms with Gasteiger partial charge in [-0.05, 0) is 23.5 Å². The Morgan fingerprint density at radius 1 is 1.19 bits per heavy atom. The number of nitrogens with one attached hydrogen (secondary N) is 1. The molecule has 0 radical (unpaired) electrons. The number of Topliss-reactive ketones (excluding diaryl/α,β-unsaturated/α-hetero) is 1. The number of ketones is 1. The molecule has 1 aliphatic rings. The summed E-state index contributed by atoms with van der Waals surface area (Å²) < 4.78 is 0. The van der Waals surface area contributed by atoms with E-state index in [-0.39, 0.29) is 23.4 Å². The summed E-state index contributed by atoms with van der Waals surface area (Å²) in [4.78, 5) is 26.1. The second-order valence-electron chi connectivity index (χ2n) is 7.57. The van der Waals surface area contributed by atoms with Gasteiger partial charge in [-0.1, -0.05) is 45.0 Å². The van der Waals surface area contributed by atoms with E-state index < -0.39 is 17.7 Å². The molecule has 2 rings (SSSR count). The molecule has 0 bridgehead atoms. The minimum absolute atomic E-state index is 0.000684. The van der Waals surface area contributed by atoms with E-state index in [9.17, 15) is 14.7 Å². The maximum atomic E-state index is 12.5. The number of carbonyl (C=O) groups excluding carboxylic acids is 2. The Labute approximate surface area is 154 Å². The SMILES string of the molecule is CC(=O)C1=C(O)C(=O)N(CCNCCO)[C@@H]1c1ccc(C(C)(C)C)cc1. The summed E-state index contributed by atoms with van der Waals surface area (Å²) >= 11 is 0. The maximum absolute atomic E-state index is 12.5. The van der Waals surface area contributed by atoms with Crippen LogP contribution in [0.3, 0.4) is 0 Å². The molecule has 1 heterocycles. The fraction of sp³-hybridized carbons (Fsp3) is 0.500. The molecule has 142 valence electrons. The summed E-state index contributed by atoms with van der Waals surface area (Å²) in [5.74, 6) is -1.32. The van der Waals surface area contributed by atoms with E-state index in [1.54, 1.807) is 0 Å². The highest BCUT2D eigenvalue weighted by Crippen LogP contribution is 2.38. The van der Waals surface area contributed by atoms with Gasteiger partial charge >= 0.3 is 0 Å². The lowest BCUT2D eigenvalue weighted by Crippen LogP contribution is -2.37. The highest BCUT2D eigenvalue weighted by molar-refractivity contribution is 6.08. The summed E-state index contributed by atoms with van der Waals surface area (Å²) in [5.41, 5.74) is 2.09. The monoisotopic (exact) mass is 360 g/mol. The standard InChI is InChI=1S/C20H28N2O4/c1-13(24)16-17(14-5-7-15(8-6-14)20(2,3)4)22(19(26)18(16)25)11-9-21-10-12-23/h5-8,17,21,23,25H,9-12H2,1-4H3/t17-/m1/s1. The molecule has 6 heteroatoms. The van der Waals surface area contributed by atoms with Crippen molar-refractivity contribution in [1.29, 1.82) is 0 Å². The van der Waals surface area contributed by atoms with Crippen LogP contribution in [0.1, 0.15) is 44.9 Å². The van der Waals surface area contributed by atoms with Crippen LogP contribution in [0.4, 0.5) is 0 Å². The van der Waals surface area contributed by atoms with Crippen LogP contribution >= 0.6 is 0 Å². The number of hydrogen-bond donors (Lipinski definition) is 3. The summed E-state index contributed by atoms with van der Waals surface area (Å²) in [6, 6.07) is 7.22. The number of hydrogen-bond acceptors (Lipinski definition) is 5. The van der Waals surface area contributed by atoms with Gasteiger partial charge in [-0.15, -0.1) is 0 Å². The zero-order valence-corrected chi connectivity index (χ0v) is 15.9. The van der Waals surface area contributed by atoms with Crippen LogP contribution in [0, 0.1) is 0 Å². The highest BCUT2D eigenvalue weighted by Gasteiger charge is 2.42. The quantitative estimate of drug-likeness (QED) is 0.646. The third kappa shape index (κ3) is 4.14. The normalized spacial score (nSPS) is 18.0. The summed E-state index contributed by atoms with van der Waals surface area (Å²) in [6.07, 6.45) is 0. The molecular formula is C20H28N2O4. The van der Waals surface area contributed by atoms with Crippen molar-refractivity contribution in [1.82, 2.24) is 10.2 Å². The lowest BCUT2D eigenvalue weighted by atomic mass is 9.85. The fourth-order valence-corrected chi connectivity index (χ4v) is 3.16. The van der Waals surface area contributed by atoms with Gasteiger partial charge in [-0.3, -0.25) is 9.59 Å². The number of benzene rings is 1. The Morgan fingerprint density at radius 2 is 1.81 bits per heavy atom. The number of nitrogens with zero attached hydrogens (tertiary/aromatic N) is 1. The van der Waals surface area contributed by atoms with Gasteiger partial charge in [0.1, 0.15) is 0 Å². The third-order valence-electron chi connectivity index (χ3n) is 4.59. The molecule has 0 aliphatic carbocycles. The van der Waals surface area contributed by atoms with Crippen LogP contribution in [-0.4, -0.2) is 53.0 Å². The van der Waals surface area contributed by atoms with Gasteiger partial charge in [0.05, 0.1) is 18.2 Å². The van der Waals surface area contributed by atoms with Crippen molar-refractivity contribution in [3.63, 3.8) is 0 Å². The zero-order valence-electron chi connectivity index (χ0n) is 15.9. The average Bonchev–Trinajstić information content (AvgIpc) is 2.83. The van der Waals surface area contributed by atoms with E-state index in [0.717, 1.165) is 11.1 Å². The molecule has 3 N–H and O–H groups in total. The van der Waals surface area contributed by atoms with E-state index in [0.29, 0.717) is 19.6 Å². The second kappa shape index (κ2) is 8.01. The van der Waals surface area contributed by atoms with Crippen molar-refractivity contribution in [3.8, 4) is 0 Å². The van der Waals surface area contributed by atoms with Crippen molar-refractivity contribution in [2.75, 3.05) is 26.2 Å². The highest BCUT2D eigenvalue weighted by atomic mass is 16.3. The summed E-state index contributed by atoms with van der Waals surface area (Å²) in [7, 11) is 0. The van der Waals surface area contributed by atoms with Crippen LogP contribution in [0.15, 0.2) is 35.6 Å². The molecule has 0 spiro atoms. The van der Waals surface area contributed by atoms with Gasteiger partial charge in [-0.25, -0.2) is 0 Å². The number of amides is 1. The molecule has 0 saturated heterocycles. The van der Waals surface area contributed by atoms with Gasteiger partial charge in [0.2, 0.25) is 0 Å². The smallest absolute Gasteiger partial charge is 0.290 e. The first kappa shape index (κ1) is 20.1. The predicted molar refractivity (Wildman–Crippen MR) is 99.9 cm³/mol. The Morgan fingerprint density at radius 3 is 2.31 bits per heavy atom. The maximum Gasteiger partial charge on any atom is 0.290 e. The van der Waals surface area contributed by atoms with Gasteiger partial charge < -0.3 is 20.4 Å². The van der Waals surface area contributed by atoms with E-state index >= 15 is 0 Å². The van der Waals surface area contributed by atoms with Crippen LogP contribution < -0.4 is 5.32 Å². The topological polar surface area (TPSA) is 89.9 Å². The molecule has 1 aliphatic heterocycles. The summed E-state index contributed by atoms with van der Waals surface area (Å²) in [5, 5.41) is 22.1. The number of aliphatic hydroxyl groups is 2. The Bertz CT molecular complexity index is 702. The van der Waals surface area contributed by atoms with Gasteiger partial charge in [0.15, 0.2) is 11.5 Å². The van der Waals surface area contributed by atoms with Gasteiger partial charge in [-0.2, -0.15) is 0 Å². The van der Waals surface area contributed by atoms with Gasteiger partial charge in [0, 0.05) is 19.6 Å². The molecular weight excluding hydrogens is 332 g/mol. The van der Waals surface area contributed by atoms with Crippen LogP contribution in [0.2, 0.25) is 0 Å². The van der Waals surface area contributed by atoms with Crippen LogP contribution in [-0.2, 0) is 15.0 Å². The molecule has 1 amide bonds. The molecule has 0 aromatic heterocycles. The van der Waals surface area contributed by atoms with E-state index in [4.69, 9.17) is 5.11 Å². The molecule has 6 nitrogen and oxygen atoms in total. The number of carbonyl (C=O) groups is 2. The average molecular weight is 360 g/mol. The first-order valence-corrected chi connectivity index (χ1v) is 8.85. The minimum atomic E-state index is -0.593. The van der Waals surface area contributed by atoms with Crippen LogP contribution in [0.5, 0.6) is 0 Å². The Hall–Kier alpha value is -2.18. The summed E-state index contributed by atoms with van der Waals surface area (Å²) in [6.45, 7) is 8.93. The lowest BCUT2D eigenvalue weighted by molar-refractivity contribution is -0.129. The number of aliphatic hydroxyl groups excluding tert-OH is 2.